The molecule has 0 amide bonds. The lowest BCUT2D eigenvalue weighted by Crippen LogP contribution is -2.29. The Bertz CT molecular complexity index is 463. The van der Waals surface area contributed by atoms with Crippen molar-refractivity contribution >= 4 is 33.2 Å². The van der Waals surface area contributed by atoms with Crippen molar-refractivity contribution < 1.29 is 13.7 Å². The first-order valence-corrected chi connectivity index (χ1v) is 8.08. The van der Waals surface area contributed by atoms with Crippen molar-refractivity contribution in [3.63, 3.8) is 0 Å². The lowest BCUT2D eigenvalue weighted by Gasteiger charge is -2.21. The summed E-state index contributed by atoms with van der Waals surface area (Å²) in [6.07, 6.45) is 1.78. The fourth-order valence-electron chi connectivity index (χ4n) is 1.85. The van der Waals surface area contributed by atoms with Gasteiger partial charge in [0, 0.05) is 28.3 Å². The van der Waals surface area contributed by atoms with Crippen LogP contribution >= 0.6 is 11.3 Å². The van der Waals surface area contributed by atoms with E-state index in [-0.39, 0.29) is 5.97 Å². The number of esters is 1. The highest BCUT2D eigenvalue weighted by atomic mass is 32.2. The lowest BCUT2D eigenvalue weighted by molar-refractivity contribution is 0.0605. The molecule has 1 aromatic heterocycles. The SMILES string of the molecule is COC(=O)c1sc(NC2CCS(=O)CC2)nc1C. The van der Waals surface area contributed by atoms with Crippen LogP contribution in [0.2, 0.25) is 0 Å². The van der Waals surface area contributed by atoms with Crippen LogP contribution in [0.3, 0.4) is 0 Å². The molecule has 0 aromatic carbocycles. The van der Waals surface area contributed by atoms with Crippen molar-refractivity contribution in [3.05, 3.63) is 10.6 Å². The van der Waals surface area contributed by atoms with E-state index in [1.807, 2.05) is 0 Å². The number of carbonyl (C=O) groups is 1. The Hall–Kier alpha value is -0.950. The Labute approximate surface area is 112 Å². The van der Waals surface area contributed by atoms with Gasteiger partial charge in [0.05, 0.1) is 12.8 Å². The summed E-state index contributed by atoms with van der Waals surface area (Å²) in [4.78, 5) is 16.3. The van der Waals surface area contributed by atoms with Crippen LogP contribution in [0.4, 0.5) is 5.13 Å². The number of methoxy groups -OCH3 is 1. The first-order chi connectivity index (χ1) is 8.60. The molecule has 1 fully saturated rings. The number of aromatic nitrogens is 1. The van der Waals surface area contributed by atoms with Gasteiger partial charge in [-0.3, -0.25) is 4.21 Å². The molecule has 7 heteroatoms. The molecule has 1 aliphatic rings. The minimum atomic E-state index is -0.658. The maximum Gasteiger partial charge on any atom is 0.350 e. The number of anilines is 1. The highest BCUT2D eigenvalue weighted by molar-refractivity contribution is 7.85. The predicted molar refractivity (Wildman–Crippen MR) is 72.7 cm³/mol. The van der Waals surface area contributed by atoms with Gasteiger partial charge in [-0.05, 0) is 19.8 Å². The molecule has 1 aliphatic heterocycles. The third-order valence-corrected chi connectivity index (χ3v) is 5.33. The fraction of sp³-hybridized carbons (Fsp3) is 0.636. The van der Waals surface area contributed by atoms with Crippen molar-refractivity contribution in [2.75, 3.05) is 23.9 Å². The molecule has 5 nitrogen and oxygen atoms in total. The first-order valence-electron chi connectivity index (χ1n) is 5.77. The summed E-state index contributed by atoms with van der Waals surface area (Å²) in [6.45, 7) is 1.80. The van der Waals surface area contributed by atoms with Gasteiger partial charge in [-0.2, -0.15) is 0 Å². The van der Waals surface area contributed by atoms with Crippen LogP contribution < -0.4 is 5.32 Å². The highest BCUT2D eigenvalue weighted by Crippen LogP contribution is 2.25. The molecule has 0 atom stereocenters. The van der Waals surface area contributed by atoms with Crippen LogP contribution in [-0.2, 0) is 15.5 Å². The lowest BCUT2D eigenvalue weighted by atomic mass is 10.2. The molecule has 100 valence electrons. The molecule has 2 rings (SSSR count). The van der Waals surface area contributed by atoms with Crippen molar-refractivity contribution in [2.24, 2.45) is 0 Å². The maximum atomic E-state index is 11.5. The van der Waals surface area contributed by atoms with E-state index in [0.717, 1.165) is 29.5 Å². The second kappa shape index (κ2) is 5.79. The second-order valence-electron chi connectivity index (χ2n) is 4.19. The number of aryl methyl sites for hydroxylation is 1. The van der Waals surface area contributed by atoms with Gasteiger partial charge in [-0.15, -0.1) is 0 Å². The van der Waals surface area contributed by atoms with Gasteiger partial charge in [-0.25, -0.2) is 9.78 Å². The van der Waals surface area contributed by atoms with E-state index in [1.54, 1.807) is 6.92 Å². The average Bonchev–Trinajstić information content (AvgIpc) is 2.72. The van der Waals surface area contributed by atoms with E-state index in [0.29, 0.717) is 16.6 Å². The molecular formula is C11H16N2O3S2. The summed E-state index contributed by atoms with van der Waals surface area (Å²) >= 11 is 1.31. The van der Waals surface area contributed by atoms with Gasteiger partial charge < -0.3 is 10.1 Å². The van der Waals surface area contributed by atoms with Crippen LogP contribution in [0, 0.1) is 6.92 Å². The van der Waals surface area contributed by atoms with Crippen molar-refractivity contribution in [3.8, 4) is 0 Å². The minimum Gasteiger partial charge on any atom is -0.465 e. The molecule has 1 N–H and O–H groups in total. The molecule has 1 aromatic rings. The zero-order chi connectivity index (χ0) is 13.1. The van der Waals surface area contributed by atoms with E-state index < -0.39 is 10.8 Å². The Balaban J connectivity index is 2.02. The van der Waals surface area contributed by atoms with Gasteiger partial charge in [0.15, 0.2) is 5.13 Å². The molecule has 18 heavy (non-hydrogen) atoms. The monoisotopic (exact) mass is 288 g/mol. The van der Waals surface area contributed by atoms with E-state index in [2.05, 4.69) is 10.3 Å². The van der Waals surface area contributed by atoms with Gasteiger partial charge in [0.2, 0.25) is 0 Å². The average molecular weight is 288 g/mol. The molecule has 0 saturated carbocycles. The van der Waals surface area contributed by atoms with Crippen LogP contribution in [0.1, 0.15) is 28.2 Å². The maximum absolute atomic E-state index is 11.5. The van der Waals surface area contributed by atoms with Crippen molar-refractivity contribution in [2.45, 2.75) is 25.8 Å². The zero-order valence-corrected chi connectivity index (χ0v) is 12.0. The number of nitrogens with one attached hydrogen (secondary N) is 1. The molecule has 0 unspecified atom stereocenters. The number of ether oxygens (including phenoxy) is 1. The van der Waals surface area contributed by atoms with Gasteiger partial charge in [0.1, 0.15) is 4.88 Å². The summed E-state index contributed by atoms with van der Waals surface area (Å²) in [5, 5.41) is 4.05. The Morgan fingerprint density at radius 1 is 1.50 bits per heavy atom. The smallest absolute Gasteiger partial charge is 0.350 e. The summed E-state index contributed by atoms with van der Waals surface area (Å²) < 4.78 is 16.0. The molecular weight excluding hydrogens is 272 g/mol. The zero-order valence-electron chi connectivity index (χ0n) is 10.4. The van der Waals surface area contributed by atoms with Crippen molar-refractivity contribution in [1.82, 2.24) is 4.98 Å². The van der Waals surface area contributed by atoms with E-state index >= 15 is 0 Å². The van der Waals surface area contributed by atoms with Gasteiger partial charge >= 0.3 is 5.97 Å². The number of carbonyl (C=O) groups excluding carboxylic acids is 1. The Morgan fingerprint density at radius 3 is 2.78 bits per heavy atom. The highest BCUT2D eigenvalue weighted by Gasteiger charge is 2.21. The number of hydrogen-bond donors (Lipinski definition) is 1. The van der Waals surface area contributed by atoms with Crippen LogP contribution in [0.5, 0.6) is 0 Å². The third kappa shape index (κ3) is 3.08. The number of thiazole rings is 1. The molecule has 1 saturated heterocycles. The number of rotatable bonds is 3. The molecule has 0 aliphatic carbocycles. The fourth-order valence-corrected chi connectivity index (χ4v) is 4.11. The summed E-state index contributed by atoms with van der Waals surface area (Å²) in [6, 6.07) is 0.304. The molecule has 2 heterocycles. The Kier molecular flexibility index (Phi) is 4.34. The molecule has 0 bridgehead atoms. The summed E-state index contributed by atoms with van der Waals surface area (Å²) in [7, 11) is 0.708. The van der Waals surface area contributed by atoms with Crippen molar-refractivity contribution in [1.29, 1.82) is 0 Å². The summed E-state index contributed by atoms with van der Waals surface area (Å²) in [5.41, 5.74) is 0.689. The summed E-state index contributed by atoms with van der Waals surface area (Å²) in [5.74, 6) is 1.14. The van der Waals surface area contributed by atoms with Crippen LogP contribution in [-0.4, -0.2) is 39.8 Å². The van der Waals surface area contributed by atoms with E-state index in [4.69, 9.17) is 4.74 Å². The number of nitrogens with zero attached hydrogens (tertiary/aromatic N) is 1. The molecule has 0 radical (unpaired) electrons. The predicted octanol–water partition coefficient (Wildman–Crippen LogP) is 1.56. The van der Waals surface area contributed by atoms with E-state index in [9.17, 15) is 9.00 Å². The van der Waals surface area contributed by atoms with Crippen LogP contribution in [0.25, 0.3) is 0 Å². The first kappa shape index (κ1) is 13.5. The third-order valence-electron chi connectivity index (χ3n) is 2.88. The van der Waals surface area contributed by atoms with E-state index in [1.165, 1.54) is 18.4 Å². The largest absolute Gasteiger partial charge is 0.465 e. The Morgan fingerprint density at radius 2 is 2.17 bits per heavy atom. The topological polar surface area (TPSA) is 68.3 Å². The van der Waals surface area contributed by atoms with Gasteiger partial charge in [0.25, 0.3) is 0 Å². The van der Waals surface area contributed by atoms with Gasteiger partial charge in [-0.1, -0.05) is 11.3 Å². The normalized spacial score (nSPS) is 23.7. The standard InChI is InChI=1S/C11H16N2O3S2/c1-7-9(10(14)16-2)17-11(12-7)13-8-3-5-18(15)6-4-8/h8H,3-6H2,1-2H3,(H,12,13). The quantitative estimate of drug-likeness (QED) is 0.855. The second-order valence-corrected chi connectivity index (χ2v) is 6.89. The van der Waals surface area contributed by atoms with Crippen LogP contribution in [0.15, 0.2) is 0 Å². The molecule has 0 spiro atoms. The minimum absolute atomic E-state index is 0.304. The number of hydrogen-bond acceptors (Lipinski definition) is 6.